The molecular weight excluding hydrogens is 190 g/mol. The predicted octanol–water partition coefficient (Wildman–Crippen LogP) is 1.39. The minimum absolute atomic E-state index is 0.161. The molecular formula is C11H15N3O. The van der Waals surface area contributed by atoms with Gasteiger partial charge in [-0.15, -0.1) is 0 Å². The van der Waals surface area contributed by atoms with Gasteiger partial charge in [0.25, 0.3) is 0 Å². The first-order chi connectivity index (χ1) is 7.22. The summed E-state index contributed by atoms with van der Waals surface area (Å²) >= 11 is 0. The first kappa shape index (κ1) is 9.83. The number of fused-ring (bicyclic) bond motifs is 1. The summed E-state index contributed by atoms with van der Waals surface area (Å²) in [7, 11) is 0. The molecule has 0 aliphatic carbocycles. The third-order valence-corrected chi connectivity index (χ3v) is 2.72. The summed E-state index contributed by atoms with van der Waals surface area (Å²) in [5.74, 6) is 0.675. The molecule has 0 aromatic heterocycles. The number of para-hydroxylation sites is 1. The molecule has 2 rings (SSSR count). The average molecular weight is 205 g/mol. The summed E-state index contributed by atoms with van der Waals surface area (Å²) < 4.78 is 0. The molecule has 3 N–H and O–H groups in total. The molecule has 1 aromatic rings. The lowest BCUT2D eigenvalue weighted by molar-refractivity contribution is 0.316. The monoisotopic (exact) mass is 205 g/mol. The maximum Gasteiger partial charge on any atom is 0.237 e. The summed E-state index contributed by atoms with van der Waals surface area (Å²) in [6.07, 6.45) is 1.05. The zero-order valence-electron chi connectivity index (χ0n) is 8.72. The molecule has 1 atom stereocenters. The Morgan fingerprint density at radius 3 is 3.00 bits per heavy atom. The van der Waals surface area contributed by atoms with Crippen LogP contribution in [0.1, 0.15) is 12.5 Å². The number of hydrogen-bond donors (Lipinski definition) is 2. The largest absolute Gasteiger partial charge is 0.408 e. The van der Waals surface area contributed by atoms with Crippen LogP contribution < -0.4 is 10.6 Å². The Morgan fingerprint density at radius 2 is 2.27 bits per heavy atom. The van der Waals surface area contributed by atoms with Gasteiger partial charge in [-0.25, -0.2) is 0 Å². The van der Waals surface area contributed by atoms with Gasteiger partial charge in [-0.2, -0.15) is 0 Å². The van der Waals surface area contributed by atoms with Crippen molar-refractivity contribution in [3.63, 3.8) is 0 Å². The molecule has 1 unspecified atom stereocenters. The molecule has 80 valence electrons. The number of benzene rings is 1. The second-order valence-electron chi connectivity index (χ2n) is 4.01. The standard InChI is InChI=1S/C11H15N3O/c1-8-6-9-4-2-3-5-10(9)14(7-8)11(12)13-15/h2-5,8,15H,6-7H2,1H3,(H2,12,13). The lowest BCUT2D eigenvalue weighted by Gasteiger charge is -2.33. The van der Waals surface area contributed by atoms with E-state index in [9.17, 15) is 0 Å². The van der Waals surface area contributed by atoms with E-state index < -0.39 is 0 Å². The van der Waals surface area contributed by atoms with Crippen LogP contribution in [0.25, 0.3) is 0 Å². The summed E-state index contributed by atoms with van der Waals surface area (Å²) in [4.78, 5) is 1.85. The van der Waals surface area contributed by atoms with Crippen molar-refractivity contribution in [1.82, 2.24) is 0 Å². The Morgan fingerprint density at radius 1 is 1.53 bits per heavy atom. The molecule has 0 saturated heterocycles. The van der Waals surface area contributed by atoms with Gasteiger partial charge in [0, 0.05) is 12.2 Å². The van der Waals surface area contributed by atoms with Crippen molar-refractivity contribution in [3.8, 4) is 0 Å². The van der Waals surface area contributed by atoms with Crippen LogP contribution in [-0.2, 0) is 6.42 Å². The number of guanidine groups is 1. The van der Waals surface area contributed by atoms with Crippen LogP contribution in [0.5, 0.6) is 0 Å². The van der Waals surface area contributed by atoms with Crippen LogP contribution in [0.3, 0.4) is 0 Å². The molecule has 0 bridgehead atoms. The molecule has 1 aliphatic heterocycles. The van der Waals surface area contributed by atoms with Crippen molar-refractivity contribution in [3.05, 3.63) is 29.8 Å². The van der Waals surface area contributed by atoms with Crippen LogP contribution in [-0.4, -0.2) is 17.7 Å². The number of hydrogen-bond acceptors (Lipinski definition) is 2. The molecule has 1 aliphatic rings. The molecule has 1 heterocycles. The molecule has 0 amide bonds. The number of oxime groups is 1. The van der Waals surface area contributed by atoms with E-state index in [0.29, 0.717) is 5.92 Å². The molecule has 4 nitrogen and oxygen atoms in total. The number of nitrogens with two attached hydrogens (primary N) is 1. The number of anilines is 1. The van der Waals surface area contributed by atoms with Crippen molar-refractivity contribution >= 4 is 11.6 Å². The zero-order valence-corrected chi connectivity index (χ0v) is 8.72. The van der Waals surface area contributed by atoms with Crippen molar-refractivity contribution in [2.75, 3.05) is 11.4 Å². The van der Waals surface area contributed by atoms with E-state index in [0.717, 1.165) is 18.7 Å². The van der Waals surface area contributed by atoms with E-state index >= 15 is 0 Å². The Kier molecular flexibility index (Phi) is 2.49. The van der Waals surface area contributed by atoms with E-state index in [-0.39, 0.29) is 5.96 Å². The van der Waals surface area contributed by atoms with Gasteiger partial charge in [0.05, 0.1) is 0 Å². The SMILES string of the molecule is CC1Cc2ccccc2N(C(N)=NO)C1. The fraction of sp³-hybridized carbons (Fsp3) is 0.364. The van der Waals surface area contributed by atoms with Crippen molar-refractivity contribution < 1.29 is 5.21 Å². The highest BCUT2D eigenvalue weighted by Gasteiger charge is 2.23. The summed E-state index contributed by atoms with van der Waals surface area (Å²) in [5.41, 5.74) is 7.95. The quantitative estimate of drug-likeness (QED) is 0.291. The summed E-state index contributed by atoms with van der Waals surface area (Å²) in [5, 5.41) is 11.8. The Bertz CT molecular complexity index is 389. The molecule has 0 saturated carbocycles. The predicted molar refractivity (Wildman–Crippen MR) is 60.1 cm³/mol. The number of nitrogens with zero attached hydrogens (tertiary/aromatic N) is 2. The molecule has 4 heteroatoms. The van der Waals surface area contributed by atoms with Crippen LogP contribution in [0.2, 0.25) is 0 Å². The normalized spacial score (nSPS) is 21.3. The highest BCUT2D eigenvalue weighted by molar-refractivity contribution is 5.95. The molecule has 1 aromatic carbocycles. The van der Waals surface area contributed by atoms with Crippen LogP contribution >= 0.6 is 0 Å². The van der Waals surface area contributed by atoms with Crippen molar-refractivity contribution in [1.29, 1.82) is 0 Å². The van der Waals surface area contributed by atoms with Gasteiger partial charge in [-0.05, 0) is 24.0 Å². The fourth-order valence-corrected chi connectivity index (χ4v) is 2.07. The first-order valence-electron chi connectivity index (χ1n) is 5.05. The average Bonchev–Trinajstić information content (AvgIpc) is 2.26. The first-order valence-corrected chi connectivity index (χ1v) is 5.05. The molecule has 0 radical (unpaired) electrons. The Labute approximate surface area is 89.0 Å². The molecule has 15 heavy (non-hydrogen) atoms. The minimum atomic E-state index is 0.161. The Balaban J connectivity index is 2.42. The second kappa shape index (κ2) is 3.81. The van der Waals surface area contributed by atoms with E-state index in [1.165, 1.54) is 5.56 Å². The van der Waals surface area contributed by atoms with Gasteiger partial charge in [0.2, 0.25) is 5.96 Å². The van der Waals surface area contributed by atoms with E-state index in [1.54, 1.807) is 0 Å². The third-order valence-electron chi connectivity index (χ3n) is 2.72. The zero-order chi connectivity index (χ0) is 10.8. The Hall–Kier alpha value is -1.71. The smallest absolute Gasteiger partial charge is 0.237 e. The van der Waals surface area contributed by atoms with E-state index in [2.05, 4.69) is 18.1 Å². The van der Waals surface area contributed by atoms with Gasteiger partial charge in [-0.3, -0.25) is 0 Å². The van der Waals surface area contributed by atoms with Crippen LogP contribution in [0.4, 0.5) is 5.69 Å². The highest BCUT2D eigenvalue weighted by Crippen LogP contribution is 2.28. The van der Waals surface area contributed by atoms with Gasteiger partial charge in [0.1, 0.15) is 0 Å². The van der Waals surface area contributed by atoms with Crippen LogP contribution in [0.15, 0.2) is 29.4 Å². The molecule has 0 spiro atoms. The molecule has 0 fully saturated rings. The maximum atomic E-state index is 8.72. The van der Waals surface area contributed by atoms with Gasteiger partial charge in [0.15, 0.2) is 0 Å². The topological polar surface area (TPSA) is 61.8 Å². The summed E-state index contributed by atoms with van der Waals surface area (Å²) in [6.45, 7) is 2.96. The van der Waals surface area contributed by atoms with Crippen molar-refractivity contribution in [2.24, 2.45) is 16.8 Å². The fourth-order valence-electron chi connectivity index (χ4n) is 2.07. The number of rotatable bonds is 0. The van der Waals surface area contributed by atoms with Gasteiger partial charge in [-0.1, -0.05) is 30.3 Å². The lowest BCUT2D eigenvalue weighted by Crippen LogP contribution is -2.43. The second-order valence-corrected chi connectivity index (χ2v) is 4.01. The lowest BCUT2D eigenvalue weighted by atomic mass is 9.94. The minimum Gasteiger partial charge on any atom is -0.408 e. The van der Waals surface area contributed by atoms with Crippen molar-refractivity contribution in [2.45, 2.75) is 13.3 Å². The van der Waals surface area contributed by atoms with E-state index in [1.807, 2.05) is 23.1 Å². The van der Waals surface area contributed by atoms with Gasteiger partial charge < -0.3 is 15.8 Å². The third kappa shape index (κ3) is 1.75. The summed E-state index contributed by atoms with van der Waals surface area (Å²) in [6, 6.07) is 8.07. The van der Waals surface area contributed by atoms with Gasteiger partial charge >= 0.3 is 0 Å². The highest BCUT2D eigenvalue weighted by atomic mass is 16.4. The maximum absolute atomic E-state index is 8.72. The van der Waals surface area contributed by atoms with E-state index in [4.69, 9.17) is 10.9 Å². The van der Waals surface area contributed by atoms with Crippen LogP contribution in [0, 0.1) is 5.92 Å².